The van der Waals surface area contributed by atoms with E-state index in [1.54, 1.807) is 12.4 Å². The summed E-state index contributed by atoms with van der Waals surface area (Å²) in [5.74, 6) is -0.234. The second-order valence-electron chi connectivity index (χ2n) is 3.57. The van der Waals surface area contributed by atoms with Crippen LogP contribution in [0.2, 0.25) is 0 Å². The van der Waals surface area contributed by atoms with Crippen molar-refractivity contribution in [3.63, 3.8) is 0 Å². The van der Waals surface area contributed by atoms with Gasteiger partial charge in [0.1, 0.15) is 0 Å². The minimum atomic E-state index is -0.234. The van der Waals surface area contributed by atoms with Crippen LogP contribution < -0.4 is 5.32 Å². The molecule has 2 N–H and O–H groups in total. The molecule has 2 aromatic heterocycles. The largest absolute Gasteiger partial charge is 0.344 e. The molecule has 0 bridgehead atoms. The van der Waals surface area contributed by atoms with Crippen molar-refractivity contribution in [3.05, 3.63) is 42.0 Å². The standard InChI is InChI=1S/C11H13N5O/c1-2-9(8-3-5-12-6-4-8)14-11(17)10-7-13-16-15-10/h3-7,9H,2H2,1H3,(H,14,17)(H,13,15,16). The zero-order valence-electron chi connectivity index (χ0n) is 9.42. The van der Waals surface area contributed by atoms with E-state index < -0.39 is 0 Å². The molecular weight excluding hydrogens is 218 g/mol. The third-order valence-electron chi connectivity index (χ3n) is 2.47. The number of aromatic nitrogens is 4. The Hall–Kier alpha value is -2.24. The van der Waals surface area contributed by atoms with Crippen molar-refractivity contribution in [2.75, 3.05) is 0 Å². The molecule has 88 valence electrons. The molecule has 1 unspecified atom stereocenters. The molecule has 2 heterocycles. The number of aromatic amines is 1. The molecule has 1 atom stereocenters. The maximum atomic E-state index is 11.8. The van der Waals surface area contributed by atoms with Gasteiger partial charge in [-0.15, -0.1) is 0 Å². The van der Waals surface area contributed by atoms with Gasteiger partial charge in [-0.2, -0.15) is 15.4 Å². The van der Waals surface area contributed by atoms with E-state index in [4.69, 9.17) is 0 Å². The minimum Gasteiger partial charge on any atom is -0.344 e. The number of H-pyrrole nitrogens is 1. The van der Waals surface area contributed by atoms with Crippen LogP contribution in [0.25, 0.3) is 0 Å². The zero-order chi connectivity index (χ0) is 12.1. The molecule has 0 radical (unpaired) electrons. The lowest BCUT2D eigenvalue weighted by atomic mass is 10.1. The first-order valence-corrected chi connectivity index (χ1v) is 5.37. The van der Waals surface area contributed by atoms with E-state index in [2.05, 4.69) is 25.7 Å². The molecule has 0 aromatic carbocycles. The zero-order valence-corrected chi connectivity index (χ0v) is 9.42. The summed E-state index contributed by atoms with van der Waals surface area (Å²) in [7, 11) is 0. The lowest BCUT2D eigenvalue weighted by Gasteiger charge is -2.16. The van der Waals surface area contributed by atoms with Crippen LogP contribution in [0.3, 0.4) is 0 Å². The normalized spacial score (nSPS) is 12.1. The Balaban J connectivity index is 2.09. The van der Waals surface area contributed by atoms with Gasteiger partial charge in [-0.05, 0) is 24.1 Å². The fourth-order valence-electron chi connectivity index (χ4n) is 1.56. The second kappa shape index (κ2) is 5.20. The molecule has 0 aliphatic heterocycles. The fraction of sp³-hybridized carbons (Fsp3) is 0.273. The highest BCUT2D eigenvalue weighted by atomic mass is 16.2. The number of carbonyl (C=O) groups is 1. The SMILES string of the molecule is CCC(NC(=O)c1cn[nH]n1)c1ccncc1. The van der Waals surface area contributed by atoms with Crippen molar-refractivity contribution >= 4 is 5.91 Å². The molecule has 0 aliphatic carbocycles. The Labute approximate surface area is 98.5 Å². The highest BCUT2D eigenvalue weighted by molar-refractivity contribution is 5.92. The van der Waals surface area contributed by atoms with Gasteiger partial charge in [-0.25, -0.2) is 0 Å². The molecule has 0 aliphatic rings. The quantitative estimate of drug-likeness (QED) is 0.824. The minimum absolute atomic E-state index is 0.0396. The molecule has 1 amide bonds. The first kappa shape index (κ1) is 11.3. The van der Waals surface area contributed by atoms with Gasteiger partial charge in [0.2, 0.25) is 0 Å². The van der Waals surface area contributed by atoms with Crippen LogP contribution >= 0.6 is 0 Å². The number of nitrogens with zero attached hydrogens (tertiary/aromatic N) is 3. The summed E-state index contributed by atoms with van der Waals surface area (Å²) in [5.41, 5.74) is 1.32. The van der Waals surface area contributed by atoms with Crippen LogP contribution in [-0.4, -0.2) is 26.3 Å². The third kappa shape index (κ3) is 2.66. The van der Waals surface area contributed by atoms with Crippen molar-refractivity contribution in [1.82, 2.24) is 25.7 Å². The van der Waals surface area contributed by atoms with E-state index >= 15 is 0 Å². The Kier molecular flexibility index (Phi) is 3.44. The van der Waals surface area contributed by atoms with Gasteiger partial charge >= 0.3 is 0 Å². The van der Waals surface area contributed by atoms with E-state index in [1.165, 1.54) is 6.20 Å². The fourth-order valence-corrected chi connectivity index (χ4v) is 1.56. The van der Waals surface area contributed by atoms with Crippen molar-refractivity contribution in [2.45, 2.75) is 19.4 Å². The van der Waals surface area contributed by atoms with E-state index in [9.17, 15) is 4.79 Å². The summed E-state index contributed by atoms with van der Waals surface area (Å²) in [6.45, 7) is 2.01. The lowest BCUT2D eigenvalue weighted by Crippen LogP contribution is -2.28. The third-order valence-corrected chi connectivity index (χ3v) is 2.47. The number of pyridine rings is 1. The van der Waals surface area contributed by atoms with Gasteiger partial charge in [0.05, 0.1) is 12.2 Å². The Morgan fingerprint density at radius 3 is 2.82 bits per heavy atom. The Bertz CT molecular complexity index is 468. The van der Waals surface area contributed by atoms with Crippen LogP contribution in [0.1, 0.15) is 35.4 Å². The summed E-state index contributed by atoms with van der Waals surface area (Å²) < 4.78 is 0. The number of carbonyl (C=O) groups excluding carboxylic acids is 1. The first-order chi connectivity index (χ1) is 8.31. The number of nitrogens with one attached hydrogen (secondary N) is 2. The van der Waals surface area contributed by atoms with E-state index in [0.717, 1.165) is 12.0 Å². The first-order valence-electron chi connectivity index (χ1n) is 5.37. The average molecular weight is 231 g/mol. The maximum Gasteiger partial charge on any atom is 0.273 e. The van der Waals surface area contributed by atoms with Gasteiger partial charge in [-0.3, -0.25) is 9.78 Å². The molecule has 6 nitrogen and oxygen atoms in total. The summed E-state index contributed by atoms with van der Waals surface area (Å²) in [6, 6.07) is 3.73. The molecule has 17 heavy (non-hydrogen) atoms. The van der Waals surface area contributed by atoms with Gasteiger partial charge in [0.25, 0.3) is 5.91 Å². The number of rotatable bonds is 4. The number of amides is 1. The Morgan fingerprint density at radius 2 is 2.24 bits per heavy atom. The maximum absolute atomic E-state index is 11.8. The van der Waals surface area contributed by atoms with Crippen molar-refractivity contribution in [1.29, 1.82) is 0 Å². The number of hydrogen-bond donors (Lipinski definition) is 2. The summed E-state index contributed by atoms with van der Waals surface area (Å²) in [6.07, 6.45) is 5.61. The second-order valence-corrected chi connectivity index (χ2v) is 3.57. The topological polar surface area (TPSA) is 83.6 Å². The smallest absolute Gasteiger partial charge is 0.273 e. The van der Waals surface area contributed by atoms with Crippen LogP contribution in [0.5, 0.6) is 0 Å². The predicted octanol–water partition coefficient (Wildman–Crippen LogP) is 1.08. The Morgan fingerprint density at radius 1 is 1.47 bits per heavy atom. The van der Waals surface area contributed by atoms with E-state index in [1.807, 2.05) is 19.1 Å². The van der Waals surface area contributed by atoms with Crippen molar-refractivity contribution in [2.24, 2.45) is 0 Å². The number of hydrogen-bond acceptors (Lipinski definition) is 4. The lowest BCUT2D eigenvalue weighted by molar-refractivity contribution is 0.0930. The molecule has 0 saturated carbocycles. The van der Waals surface area contributed by atoms with Crippen LogP contribution in [0, 0.1) is 0 Å². The van der Waals surface area contributed by atoms with Crippen molar-refractivity contribution < 1.29 is 4.79 Å². The van der Waals surface area contributed by atoms with Crippen LogP contribution in [0.4, 0.5) is 0 Å². The van der Waals surface area contributed by atoms with Gasteiger partial charge in [0.15, 0.2) is 5.69 Å². The molecule has 6 heteroatoms. The monoisotopic (exact) mass is 231 g/mol. The molecule has 0 saturated heterocycles. The molecular formula is C11H13N5O. The molecule has 2 aromatic rings. The average Bonchev–Trinajstić information content (AvgIpc) is 2.90. The molecule has 0 fully saturated rings. The predicted molar refractivity (Wildman–Crippen MR) is 61.1 cm³/mol. The molecule has 0 spiro atoms. The van der Waals surface area contributed by atoms with Gasteiger partial charge in [-0.1, -0.05) is 6.92 Å². The summed E-state index contributed by atoms with van der Waals surface area (Å²) >= 11 is 0. The van der Waals surface area contributed by atoms with Gasteiger partial charge < -0.3 is 5.32 Å². The van der Waals surface area contributed by atoms with E-state index in [0.29, 0.717) is 0 Å². The highest BCUT2D eigenvalue weighted by Crippen LogP contribution is 2.15. The van der Waals surface area contributed by atoms with E-state index in [-0.39, 0.29) is 17.6 Å². The highest BCUT2D eigenvalue weighted by Gasteiger charge is 2.15. The van der Waals surface area contributed by atoms with Crippen LogP contribution in [0.15, 0.2) is 30.7 Å². The summed E-state index contributed by atoms with van der Waals surface area (Å²) in [5, 5.41) is 12.6. The van der Waals surface area contributed by atoms with Crippen LogP contribution in [-0.2, 0) is 0 Å². The van der Waals surface area contributed by atoms with Gasteiger partial charge in [0, 0.05) is 12.4 Å². The summed E-state index contributed by atoms with van der Waals surface area (Å²) in [4.78, 5) is 15.8. The molecule has 2 rings (SSSR count). The van der Waals surface area contributed by atoms with Crippen molar-refractivity contribution in [3.8, 4) is 0 Å².